The zero-order valence-electron chi connectivity index (χ0n) is 10.5. The van der Waals surface area contributed by atoms with Crippen molar-refractivity contribution in [2.45, 2.75) is 45.0 Å². The molecule has 0 saturated heterocycles. The third-order valence-electron chi connectivity index (χ3n) is 2.10. The highest BCUT2D eigenvalue weighted by atomic mass is 32.2. The van der Waals surface area contributed by atoms with Crippen LogP contribution in [0.3, 0.4) is 0 Å². The maximum absolute atomic E-state index is 11.5. The smallest absolute Gasteiger partial charge is 0.327 e. The van der Waals surface area contributed by atoms with E-state index in [4.69, 9.17) is 14.4 Å². The van der Waals surface area contributed by atoms with Crippen LogP contribution in [0.4, 0.5) is 0 Å². The fourth-order valence-electron chi connectivity index (χ4n) is 1.45. The molecule has 0 bridgehead atoms. The van der Waals surface area contributed by atoms with Gasteiger partial charge in [-0.15, -0.1) is 0 Å². The highest BCUT2D eigenvalue weighted by Gasteiger charge is 2.35. The number of hydrogen-bond acceptors (Lipinski definition) is 5. The van der Waals surface area contributed by atoms with Crippen LogP contribution >= 0.6 is 0 Å². The minimum absolute atomic E-state index is 0.233. The Morgan fingerprint density at radius 1 is 1.22 bits per heavy atom. The van der Waals surface area contributed by atoms with Gasteiger partial charge in [0.15, 0.2) is 5.25 Å². The second-order valence-corrected chi connectivity index (χ2v) is 6.08. The van der Waals surface area contributed by atoms with Gasteiger partial charge in [0.1, 0.15) is 0 Å². The normalized spacial score (nSPS) is 15.2. The van der Waals surface area contributed by atoms with Gasteiger partial charge < -0.3 is 9.84 Å². The number of ether oxygens (including phenoxy) is 1. The van der Waals surface area contributed by atoms with Crippen molar-refractivity contribution in [1.82, 2.24) is 0 Å². The molecule has 18 heavy (non-hydrogen) atoms. The van der Waals surface area contributed by atoms with E-state index in [-0.39, 0.29) is 5.92 Å². The molecule has 0 amide bonds. The van der Waals surface area contributed by atoms with Crippen molar-refractivity contribution >= 4 is 22.1 Å². The summed E-state index contributed by atoms with van der Waals surface area (Å²) in [6.07, 6.45) is -1.06. The van der Waals surface area contributed by atoms with Crippen LogP contribution in [0.15, 0.2) is 0 Å². The molecule has 2 N–H and O–H groups in total. The highest BCUT2D eigenvalue weighted by molar-refractivity contribution is 7.87. The standard InChI is InChI=1S/C10H18O7S/c1-6(2)4-7(3)17-10(13)8(5-9(11)12)18(14,15)16/h6-8H,4-5H2,1-3H3,(H,11,12)(H,14,15,16). The lowest BCUT2D eigenvalue weighted by atomic mass is 10.1. The summed E-state index contributed by atoms with van der Waals surface area (Å²) in [7, 11) is -4.79. The summed E-state index contributed by atoms with van der Waals surface area (Å²) in [5.74, 6) is -2.52. The van der Waals surface area contributed by atoms with Crippen molar-refractivity contribution < 1.29 is 32.4 Å². The first-order chi connectivity index (χ1) is 8.04. The zero-order chi connectivity index (χ0) is 14.5. The number of hydrogen-bond donors (Lipinski definition) is 2. The summed E-state index contributed by atoms with van der Waals surface area (Å²) in [6, 6.07) is 0. The molecule has 7 nitrogen and oxygen atoms in total. The molecule has 0 rings (SSSR count). The molecule has 8 heteroatoms. The number of rotatable bonds is 7. The molecule has 0 radical (unpaired) electrons. The minimum Gasteiger partial charge on any atom is -0.481 e. The first kappa shape index (κ1) is 16.9. The van der Waals surface area contributed by atoms with Crippen LogP contribution in [-0.2, 0) is 24.4 Å². The lowest BCUT2D eigenvalue weighted by Gasteiger charge is -2.18. The molecule has 0 fully saturated rings. The van der Waals surface area contributed by atoms with Crippen molar-refractivity contribution in [3.63, 3.8) is 0 Å². The second-order valence-electron chi connectivity index (χ2n) is 4.48. The van der Waals surface area contributed by atoms with Crippen molar-refractivity contribution in [3.8, 4) is 0 Å². The van der Waals surface area contributed by atoms with Crippen molar-refractivity contribution in [3.05, 3.63) is 0 Å². The van der Waals surface area contributed by atoms with Crippen molar-refractivity contribution in [1.29, 1.82) is 0 Å². The number of carbonyl (C=O) groups excluding carboxylic acids is 1. The number of carboxylic acids is 1. The quantitative estimate of drug-likeness (QED) is 0.521. The Hall–Kier alpha value is -1.15. The van der Waals surface area contributed by atoms with Crippen molar-refractivity contribution in [2.75, 3.05) is 0 Å². The fourth-order valence-corrected chi connectivity index (χ4v) is 2.11. The van der Waals surface area contributed by atoms with E-state index in [1.807, 2.05) is 13.8 Å². The third kappa shape index (κ3) is 6.55. The monoisotopic (exact) mass is 282 g/mol. The van der Waals surface area contributed by atoms with Gasteiger partial charge >= 0.3 is 11.9 Å². The Morgan fingerprint density at radius 2 is 1.72 bits per heavy atom. The molecular formula is C10H18O7S. The molecule has 0 aromatic heterocycles. The van der Waals surface area contributed by atoms with Crippen LogP contribution in [0.5, 0.6) is 0 Å². The number of esters is 1. The number of carbonyl (C=O) groups is 2. The van der Waals surface area contributed by atoms with E-state index in [1.165, 1.54) is 0 Å². The lowest BCUT2D eigenvalue weighted by Crippen LogP contribution is -2.35. The van der Waals surface area contributed by atoms with Crippen LogP contribution in [0.1, 0.15) is 33.6 Å². The molecule has 2 atom stereocenters. The molecule has 0 aliphatic rings. The van der Waals surface area contributed by atoms with Crippen LogP contribution in [0.2, 0.25) is 0 Å². The zero-order valence-corrected chi connectivity index (χ0v) is 11.3. The van der Waals surface area contributed by atoms with E-state index in [0.29, 0.717) is 6.42 Å². The average Bonchev–Trinajstić information content (AvgIpc) is 2.09. The van der Waals surface area contributed by atoms with Gasteiger partial charge in [0, 0.05) is 0 Å². The van der Waals surface area contributed by atoms with Gasteiger partial charge in [-0.25, -0.2) is 0 Å². The lowest BCUT2D eigenvalue weighted by molar-refractivity contribution is -0.151. The maximum atomic E-state index is 11.5. The summed E-state index contributed by atoms with van der Waals surface area (Å²) in [4.78, 5) is 21.9. The summed E-state index contributed by atoms with van der Waals surface area (Å²) < 4.78 is 35.4. The largest absolute Gasteiger partial charge is 0.481 e. The topological polar surface area (TPSA) is 118 Å². The molecule has 106 valence electrons. The first-order valence-corrected chi connectivity index (χ1v) is 6.93. The van der Waals surface area contributed by atoms with Crippen LogP contribution in [-0.4, -0.2) is 41.4 Å². The summed E-state index contributed by atoms with van der Waals surface area (Å²) in [5.41, 5.74) is 0. The van der Waals surface area contributed by atoms with Crippen LogP contribution < -0.4 is 0 Å². The van der Waals surface area contributed by atoms with Gasteiger partial charge in [-0.05, 0) is 19.3 Å². The summed E-state index contributed by atoms with van der Waals surface area (Å²) in [6.45, 7) is 5.35. The molecule has 0 aromatic rings. The van der Waals surface area contributed by atoms with Gasteiger partial charge in [0.25, 0.3) is 10.1 Å². The second kappa shape index (κ2) is 6.69. The Labute approximate surface area is 106 Å². The van der Waals surface area contributed by atoms with E-state index in [0.717, 1.165) is 0 Å². The van der Waals surface area contributed by atoms with E-state index in [1.54, 1.807) is 6.92 Å². The molecular weight excluding hydrogens is 264 g/mol. The third-order valence-corrected chi connectivity index (χ3v) is 3.18. The van der Waals surface area contributed by atoms with Crippen LogP contribution in [0.25, 0.3) is 0 Å². The first-order valence-electron chi connectivity index (χ1n) is 5.42. The summed E-state index contributed by atoms with van der Waals surface area (Å²) in [5, 5.41) is 6.41. The molecule has 0 aliphatic heterocycles. The Balaban J connectivity index is 4.73. The SMILES string of the molecule is CC(C)CC(C)OC(=O)C(CC(=O)O)S(=O)(=O)O. The molecule has 0 saturated carbocycles. The van der Waals surface area contributed by atoms with Crippen LogP contribution in [0, 0.1) is 5.92 Å². The Kier molecular flexibility index (Phi) is 6.27. The number of aliphatic carboxylic acids is 1. The van der Waals surface area contributed by atoms with Gasteiger partial charge in [-0.2, -0.15) is 8.42 Å². The average molecular weight is 282 g/mol. The fraction of sp³-hybridized carbons (Fsp3) is 0.800. The van der Waals surface area contributed by atoms with E-state index in [9.17, 15) is 18.0 Å². The van der Waals surface area contributed by atoms with Gasteiger partial charge in [0.05, 0.1) is 12.5 Å². The van der Waals surface area contributed by atoms with E-state index < -0.39 is 39.8 Å². The molecule has 2 unspecified atom stereocenters. The molecule has 0 aliphatic carbocycles. The Morgan fingerprint density at radius 3 is 2.06 bits per heavy atom. The van der Waals surface area contributed by atoms with Gasteiger partial charge in [-0.3, -0.25) is 14.1 Å². The van der Waals surface area contributed by atoms with Crippen molar-refractivity contribution in [2.24, 2.45) is 5.92 Å². The minimum atomic E-state index is -4.79. The van der Waals surface area contributed by atoms with E-state index >= 15 is 0 Å². The van der Waals surface area contributed by atoms with E-state index in [2.05, 4.69) is 0 Å². The molecule has 0 aromatic carbocycles. The maximum Gasteiger partial charge on any atom is 0.327 e. The predicted octanol–water partition coefficient (Wildman–Crippen LogP) is 0.695. The van der Waals surface area contributed by atoms with Gasteiger partial charge in [-0.1, -0.05) is 13.8 Å². The predicted molar refractivity (Wildman–Crippen MR) is 62.6 cm³/mol. The highest BCUT2D eigenvalue weighted by Crippen LogP contribution is 2.13. The summed E-state index contributed by atoms with van der Waals surface area (Å²) >= 11 is 0. The molecule has 0 heterocycles. The Bertz CT molecular complexity index is 398. The number of carboxylic acid groups (broad SMARTS) is 1. The van der Waals surface area contributed by atoms with Gasteiger partial charge in [0.2, 0.25) is 0 Å². The molecule has 0 spiro atoms.